The zero-order chi connectivity index (χ0) is 18.2. The number of halogens is 2. The summed E-state index contributed by atoms with van der Waals surface area (Å²) in [6.45, 7) is 0.219. The number of carbonyl (C=O) groups excluding carboxylic acids is 1. The molecule has 0 unspecified atom stereocenters. The second-order valence-electron chi connectivity index (χ2n) is 7.19. The van der Waals surface area contributed by atoms with Crippen LogP contribution in [0.15, 0.2) is 16.6 Å². The minimum absolute atomic E-state index is 0.102. The lowest BCUT2D eigenvalue weighted by Gasteiger charge is -2.41. The van der Waals surface area contributed by atoms with E-state index in [2.05, 4.69) is 20.9 Å². The molecule has 1 saturated heterocycles. The molecule has 0 amide bonds. The summed E-state index contributed by atoms with van der Waals surface area (Å²) >= 11 is 3.24. The van der Waals surface area contributed by atoms with Gasteiger partial charge in [-0.1, -0.05) is 0 Å². The first-order valence-corrected chi connectivity index (χ1v) is 9.22. The Morgan fingerprint density at radius 1 is 1.46 bits per heavy atom. The largest absolute Gasteiger partial charge is 0.464 e. The van der Waals surface area contributed by atoms with Crippen molar-refractivity contribution in [2.45, 2.75) is 30.4 Å². The van der Waals surface area contributed by atoms with Crippen molar-refractivity contribution in [3.8, 4) is 11.4 Å². The molecule has 1 aliphatic carbocycles. The molecule has 8 heteroatoms. The quantitative estimate of drug-likeness (QED) is 0.753. The number of imidazole rings is 1. The molecule has 1 aromatic carbocycles. The third-order valence-corrected chi connectivity index (χ3v) is 6.27. The van der Waals surface area contributed by atoms with Gasteiger partial charge >= 0.3 is 5.97 Å². The van der Waals surface area contributed by atoms with Crippen molar-refractivity contribution in [1.82, 2.24) is 9.55 Å². The molecule has 2 bridgehead atoms. The minimum atomic E-state index is -1.26. The molecular weight excluding hydrogens is 407 g/mol. The van der Waals surface area contributed by atoms with Gasteiger partial charge in [0.2, 0.25) is 0 Å². The van der Waals surface area contributed by atoms with Gasteiger partial charge in [-0.05, 0) is 52.4 Å². The second kappa shape index (κ2) is 5.37. The molecule has 2 aromatic rings. The van der Waals surface area contributed by atoms with Gasteiger partial charge in [0, 0.05) is 11.6 Å². The van der Waals surface area contributed by atoms with E-state index in [9.17, 15) is 14.3 Å². The maximum atomic E-state index is 14.1. The van der Waals surface area contributed by atoms with Gasteiger partial charge in [0.05, 0.1) is 30.5 Å². The number of hydrogen-bond donors (Lipinski definition) is 1. The van der Waals surface area contributed by atoms with Crippen molar-refractivity contribution in [3.63, 3.8) is 0 Å². The Kier molecular flexibility index (Phi) is 3.39. The summed E-state index contributed by atoms with van der Waals surface area (Å²) in [5, 5.41) is 11.0. The number of ether oxygens (including phenoxy) is 2. The SMILES string of the molecule is COC(=O)c1nc2n(c1C1(O)COC1)C1CC(C1)c1cc(F)c(Br)cc1-2. The highest BCUT2D eigenvalue weighted by Gasteiger charge is 2.50. The van der Waals surface area contributed by atoms with Crippen LogP contribution in [0.5, 0.6) is 0 Å². The number of rotatable bonds is 2. The highest BCUT2D eigenvalue weighted by molar-refractivity contribution is 9.10. The van der Waals surface area contributed by atoms with Crippen LogP contribution in [0, 0.1) is 5.82 Å². The number of aromatic nitrogens is 2. The normalized spacial score (nSPS) is 24.6. The first kappa shape index (κ1) is 16.4. The molecule has 0 spiro atoms. The van der Waals surface area contributed by atoms with Crippen LogP contribution in [0.25, 0.3) is 11.4 Å². The summed E-state index contributed by atoms with van der Waals surface area (Å²) in [6.07, 6.45) is 1.64. The summed E-state index contributed by atoms with van der Waals surface area (Å²) in [6, 6.07) is 3.36. The zero-order valence-corrected chi connectivity index (χ0v) is 15.5. The number of hydrogen-bond acceptors (Lipinski definition) is 5. The van der Waals surface area contributed by atoms with E-state index in [1.165, 1.54) is 7.11 Å². The van der Waals surface area contributed by atoms with E-state index in [0.717, 1.165) is 24.0 Å². The molecule has 26 heavy (non-hydrogen) atoms. The molecule has 1 aromatic heterocycles. The van der Waals surface area contributed by atoms with Crippen LogP contribution in [-0.2, 0) is 15.1 Å². The molecule has 0 atom stereocenters. The van der Waals surface area contributed by atoms with E-state index in [0.29, 0.717) is 16.0 Å². The maximum absolute atomic E-state index is 14.1. The third-order valence-electron chi connectivity index (χ3n) is 5.66. The van der Waals surface area contributed by atoms with Gasteiger partial charge in [-0.25, -0.2) is 14.2 Å². The van der Waals surface area contributed by atoms with E-state index in [1.807, 2.05) is 4.57 Å². The van der Waals surface area contributed by atoms with Crippen molar-refractivity contribution in [2.24, 2.45) is 0 Å². The Bertz CT molecular complexity index is 947. The van der Waals surface area contributed by atoms with Gasteiger partial charge < -0.3 is 19.1 Å². The second-order valence-corrected chi connectivity index (χ2v) is 8.05. The molecule has 4 heterocycles. The van der Waals surface area contributed by atoms with E-state index in [1.54, 1.807) is 12.1 Å². The van der Waals surface area contributed by atoms with Crippen LogP contribution >= 0.6 is 15.9 Å². The molecule has 0 radical (unpaired) electrons. The monoisotopic (exact) mass is 422 g/mol. The average Bonchev–Trinajstić information content (AvgIpc) is 2.83. The highest BCUT2D eigenvalue weighted by Crippen LogP contribution is 2.54. The summed E-state index contributed by atoms with van der Waals surface area (Å²) in [5.41, 5.74) is 0.961. The third kappa shape index (κ3) is 2.03. The number of carbonyl (C=O) groups is 1. The van der Waals surface area contributed by atoms with Gasteiger partial charge in [-0.3, -0.25) is 0 Å². The van der Waals surface area contributed by atoms with Gasteiger partial charge in [0.25, 0.3) is 0 Å². The molecule has 2 fully saturated rings. The average molecular weight is 423 g/mol. The Morgan fingerprint density at radius 2 is 2.19 bits per heavy atom. The van der Waals surface area contributed by atoms with E-state index < -0.39 is 11.6 Å². The predicted molar refractivity (Wildman–Crippen MR) is 92.4 cm³/mol. The van der Waals surface area contributed by atoms with Gasteiger partial charge in [0.15, 0.2) is 11.3 Å². The van der Waals surface area contributed by atoms with Crippen LogP contribution in [0.1, 0.15) is 46.5 Å². The maximum Gasteiger partial charge on any atom is 0.358 e. The van der Waals surface area contributed by atoms with Gasteiger partial charge in [-0.2, -0.15) is 0 Å². The lowest BCUT2D eigenvalue weighted by Crippen LogP contribution is -2.49. The highest BCUT2D eigenvalue weighted by atomic mass is 79.9. The molecule has 6 rings (SSSR count). The molecular formula is C18H16BrFN2O4. The van der Waals surface area contributed by atoms with E-state index >= 15 is 0 Å². The van der Waals surface area contributed by atoms with E-state index in [-0.39, 0.29) is 36.7 Å². The lowest BCUT2D eigenvalue weighted by molar-refractivity contribution is -0.189. The number of aliphatic hydroxyl groups is 1. The molecule has 136 valence electrons. The van der Waals surface area contributed by atoms with Crippen molar-refractivity contribution >= 4 is 21.9 Å². The number of benzene rings is 1. The van der Waals surface area contributed by atoms with E-state index in [4.69, 9.17) is 9.47 Å². The lowest BCUT2D eigenvalue weighted by atomic mass is 9.75. The van der Waals surface area contributed by atoms with Crippen LogP contribution in [-0.4, -0.2) is 41.0 Å². The Balaban J connectivity index is 1.82. The van der Waals surface area contributed by atoms with Crippen LogP contribution < -0.4 is 0 Å². The van der Waals surface area contributed by atoms with Crippen LogP contribution in [0.3, 0.4) is 0 Å². The van der Waals surface area contributed by atoms with Crippen LogP contribution in [0.4, 0.5) is 4.39 Å². The van der Waals surface area contributed by atoms with Crippen molar-refractivity contribution in [3.05, 3.63) is 39.4 Å². The number of nitrogens with zero attached hydrogens (tertiary/aromatic N) is 2. The fraction of sp³-hybridized carbons (Fsp3) is 0.444. The number of methoxy groups -OCH3 is 1. The standard InChI is InChI=1S/C18H16BrFN2O4/c1-25-17(23)14-15(18(24)6-26-7-18)22-9-2-8(3-9)10-5-13(20)12(19)4-11(10)16(22)21-14/h4-5,8-9,24H,2-3,6-7H2,1H3. The predicted octanol–water partition coefficient (Wildman–Crippen LogP) is 2.89. The minimum Gasteiger partial charge on any atom is -0.464 e. The van der Waals surface area contributed by atoms with Gasteiger partial charge in [-0.15, -0.1) is 0 Å². The first-order chi connectivity index (χ1) is 12.4. The molecule has 6 nitrogen and oxygen atoms in total. The number of esters is 1. The summed E-state index contributed by atoms with van der Waals surface area (Å²) < 4.78 is 26.5. The Morgan fingerprint density at radius 3 is 2.81 bits per heavy atom. The molecule has 1 N–H and O–H groups in total. The summed E-state index contributed by atoms with van der Waals surface area (Å²) in [5.74, 6) is -0.0893. The molecule has 1 saturated carbocycles. The smallest absolute Gasteiger partial charge is 0.358 e. The summed E-state index contributed by atoms with van der Waals surface area (Å²) in [4.78, 5) is 16.9. The summed E-state index contributed by atoms with van der Waals surface area (Å²) in [7, 11) is 1.29. The fourth-order valence-corrected chi connectivity index (χ4v) is 4.58. The topological polar surface area (TPSA) is 73.6 Å². The Hall–Kier alpha value is -1.77. The zero-order valence-electron chi connectivity index (χ0n) is 14.0. The molecule has 3 aliphatic heterocycles. The van der Waals surface area contributed by atoms with Crippen molar-refractivity contribution in [1.29, 1.82) is 0 Å². The first-order valence-electron chi connectivity index (χ1n) is 8.43. The van der Waals surface area contributed by atoms with Crippen molar-refractivity contribution in [2.75, 3.05) is 20.3 Å². The molecule has 4 aliphatic rings. The van der Waals surface area contributed by atoms with Gasteiger partial charge in [0.1, 0.15) is 11.6 Å². The van der Waals surface area contributed by atoms with Crippen LogP contribution in [0.2, 0.25) is 0 Å². The van der Waals surface area contributed by atoms with Crippen molar-refractivity contribution < 1.29 is 23.8 Å². The Labute approximate surface area is 157 Å². The fourth-order valence-electron chi connectivity index (χ4n) is 4.24.